The van der Waals surface area contributed by atoms with Crippen molar-refractivity contribution in [2.45, 2.75) is 17.9 Å². The molecule has 1 aromatic carbocycles. The van der Waals surface area contributed by atoms with E-state index in [1.807, 2.05) is 4.90 Å². The average Bonchev–Trinajstić information content (AvgIpc) is 2.58. The summed E-state index contributed by atoms with van der Waals surface area (Å²) >= 11 is 12.1. The van der Waals surface area contributed by atoms with E-state index in [4.69, 9.17) is 29.6 Å². The summed E-state index contributed by atoms with van der Waals surface area (Å²) in [5.41, 5.74) is 0. The molecule has 1 heterocycles. The first-order valence-electron chi connectivity index (χ1n) is 7.68. The van der Waals surface area contributed by atoms with Crippen molar-refractivity contribution in [2.24, 2.45) is 0 Å². The Morgan fingerprint density at radius 3 is 2.36 bits per heavy atom. The molecule has 1 atom stereocenters. The predicted molar refractivity (Wildman–Crippen MR) is 98.1 cm³/mol. The normalized spacial score (nSPS) is 17.7. The van der Waals surface area contributed by atoms with Gasteiger partial charge in [0.05, 0.1) is 22.6 Å². The van der Waals surface area contributed by atoms with Gasteiger partial charge in [-0.1, -0.05) is 35.2 Å². The summed E-state index contributed by atoms with van der Waals surface area (Å²) in [5, 5.41) is 2.82. The predicted octanol–water partition coefficient (Wildman–Crippen LogP) is 1.44. The van der Waals surface area contributed by atoms with Gasteiger partial charge in [0.2, 0.25) is 15.9 Å². The van der Waals surface area contributed by atoms with Gasteiger partial charge in [0.1, 0.15) is 4.90 Å². The number of hydrogen-bond donors (Lipinski definition) is 1. The summed E-state index contributed by atoms with van der Waals surface area (Å²) in [7, 11) is -3.79. The SMILES string of the molecule is C#CCNC(=O)C(C)N1CCN(S(=O)(=O)c2c(Cl)cccc2Cl)CC1. The lowest BCUT2D eigenvalue weighted by atomic mass is 10.2. The minimum absolute atomic E-state index is 0.0772. The van der Waals surface area contributed by atoms with Gasteiger partial charge in [-0.25, -0.2) is 8.42 Å². The highest BCUT2D eigenvalue weighted by molar-refractivity contribution is 7.89. The molecule has 25 heavy (non-hydrogen) atoms. The minimum Gasteiger partial charge on any atom is -0.344 e. The molecule has 2 rings (SSSR count). The summed E-state index contributed by atoms with van der Waals surface area (Å²) in [6.45, 7) is 3.27. The molecular weight excluding hydrogens is 385 g/mol. The second kappa shape index (κ2) is 8.39. The van der Waals surface area contributed by atoms with Gasteiger partial charge < -0.3 is 5.32 Å². The summed E-state index contributed by atoms with van der Waals surface area (Å²) in [6.07, 6.45) is 5.13. The van der Waals surface area contributed by atoms with Crippen LogP contribution < -0.4 is 5.32 Å². The molecule has 0 aliphatic carbocycles. The van der Waals surface area contributed by atoms with Crippen LogP contribution in [0.15, 0.2) is 23.1 Å². The fourth-order valence-corrected chi connectivity index (χ4v) is 5.15. The molecule has 1 aromatic rings. The molecule has 0 saturated carbocycles. The van der Waals surface area contributed by atoms with E-state index in [9.17, 15) is 13.2 Å². The monoisotopic (exact) mass is 403 g/mol. The van der Waals surface area contributed by atoms with Crippen molar-refractivity contribution in [1.29, 1.82) is 0 Å². The Hall–Kier alpha value is -1.30. The Morgan fingerprint density at radius 2 is 1.84 bits per heavy atom. The number of carbonyl (C=O) groups is 1. The van der Waals surface area contributed by atoms with Crippen LogP contribution in [0.2, 0.25) is 10.0 Å². The average molecular weight is 404 g/mol. The van der Waals surface area contributed by atoms with E-state index in [0.29, 0.717) is 13.1 Å². The van der Waals surface area contributed by atoms with Gasteiger partial charge in [-0.15, -0.1) is 6.42 Å². The van der Waals surface area contributed by atoms with Gasteiger partial charge in [0.25, 0.3) is 0 Å². The van der Waals surface area contributed by atoms with Gasteiger partial charge in [0.15, 0.2) is 0 Å². The zero-order chi connectivity index (χ0) is 18.6. The fraction of sp³-hybridized carbons (Fsp3) is 0.438. The Kier molecular flexibility index (Phi) is 6.72. The molecule has 1 aliphatic rings. The third-order valence-electron chi connectivity index (χ3n) is 4.08. The first-order chi connectivity index (χ1) is 11.8. The molecule has 1 saturated heterocycles. The molecule has 0 aromatic heterocycles. The first-order valence-corrected chi connectivity index (χ1v) is 9.88. The van der Waals surface area contributed by atoms with Crippen molar-refractivity contribution in [3.8, 4) is 12.3 Å². The second-order valence-electron chi connectivity index (χ2n) is 5.59. The van der Waals surface area contributed by atoms with Crippen LogP contribution in [0.1, 0.15) is 6.92 Å². The number of hydrogen-bond acceptors (Lipinski definition) is 4. The number of halogens is 2. The molecule has 9 heteroatoms. The third kappa shape index (κ3) is 4.46. The minimum atomic E-state index is -3.79. The van der Waals surface area contributed by atoms with Crippen LogP contribution in [0.25, 0.3) is 0 Å². The summed E-state index contributed by atoms with van der Waals surface area (Å²) in [4.78, 5) is 13.8. The molecule has 0 spiro atoms. The summed E-state index contributed by atoms with van der Waals surface area (Å²) < 4.78 is 27.0. The van der Waals surface area contributed by atoms with E-state index >= 15 is 0 Å². The highest BCUT2D eigenvalue weighted by Gasteiger charge is 2.33. The number of benzene rings is 1. The Balaban J connectivity index is 2.07. The number of nitrogens with zero attached hydrogens (tertiary/aromatic N) is 2. The van der Waals surface area contributed by atoms with Crippen molar-refractivity contribution in [3.05, 3.63) is 28.2 Å². The number of piperazine rings is 1. The zero-order valence-electron chi connectivity index (χ0n) is 13.7. The van der Waals surface area contributed by atoms with Gasteiger partial charge in [-0.2, -0.15) is 4.31 Å². The molecule has 6 nitrogen and oxygen atoms in total. The number of rotatable bonds is 5. The number of sulfonamides is 1. The molecule has 1 amide bonds. The maximum Gasteiger partial charge on any atom is 0.246 e. The van der Waals surface area contributed by atoms with Crippen LogP contribution in [0.4, 0.5) is 0 Å². The van der Waals surface area contributed by atoms with Crippen LogP contribution in [-0.2, 0) is 14.8 Å². The van der Waals surface area contributed by atoms with Crippen LogP contribution in [-0.4, -0.2) is 62.3 Å². The van der Waals surface area contributed by atoms with Crippen LogP contribution in [0.5, 0.6) is 0 Å². The van der Waals surface area contributed by atoms with Crippen molar-refractivity contribution in [3.63, 3.8) is 0 Å². The van der Waals surface area contributed by atoms with Gasteiger partial charge in [0, 0.05) is 26.2 Å². The fourth-order valence-electron chi connectivity index (χ4n) is 2.64. The standard InChI is InChI=1S/C16H19Cl2N3O3S/c1-3-7-19-16(22)12(2)20-8-10-21(11-9-20)25(23,24)15-13(17)5-4-6-14(15)18/h1,4-6,12H,7-11H2,2H3,(H,19,22). The molecule has 1 N–H and O–H groups in total. The number of nitrogens with one attached hydrogen (secondary N) is 1. The molecule has 1 unspecified atom stereocenters. The quantitative estimate of drug-likeness (QED) is 0.755. The van der Waals surface area contributed by atoms with E-state index in [-0.39, 0.29) is 46.5 Å². The van der Waals surface area contributed by atoms with E-state index in [1.54, 1.807) is 13.0 Å². The molecule has 0 bridgehead atoms. The second-order valence-corrected chi connectivity index (χ2v) is 8.28. The van der Waals surface area contributed by atoms with E-state index < -0.39 is 10.0 Å². The summed E-state index contributed by atoms with van der Waals surface area (Å²) in [6, 6.07) is 4.20. The lowest BCUT2D eigenvalue weighted by molar-refractivity contribution is -0.126. The van der Waals surface area contributed by atoms with E-state index in [0.717, 1.165) is 0 Å². The number of terminal acetylenes is 1. The maximum atomic E-state index is 12.8. The Labute approximate surface area is 158 Å². The van der Waals surface area contributed by atoms with Crippen molar-refractivity contribution in [1.82, 2.24) is 14.5 Å². The van der Waals surface area contributed by atoms with E-state index in [1.165, 1.54) is 16.4 Å². The van der Waals surface area contributed by atoms with Crippen molar-refractivity contribution >= 4 is 39.1 Å². The maximum absolute atomic E-state index is 12.8. The lowest BCUT2D eigenvalue weighted by Crippen LogP contribution is -2.54. The Bertz CT molecular complexity index is 764. The first kappa shape index (κ1) is 20.0. The zero-order valence-corrected chi connectivity index (χ0v) is 16.0. The highest BCUT2D eigenvalue weighted by atomic mass is 35.5. The summed E-state index contributed by atoms with van der Waals surface area (Å²) in [5.74, 6) is 2.17. The van der Waals surface area contributed by atoms with Crippen LogP contribution >= 0.6 is 23.2 Å². The molecule has 136 valence electrons. The number of carbonyl (C=O) groups excluding carboxylic acids is 1. The van der Waals surface area contributed by atoms with Gasteiger partial charge in [-0.05, 0) is 19.1 Å². The largest absolute Gasteiger partial charge is 0.344 e. The Morgan fingerprint density at radius 1 is 1.28 bits per heavy atom. The van der Waals surface area contributed by atoms with Gasteiger partial charge >= 0.3 is 0 Å². The van der Waals surface area contributed by atoms with Crippen molar-refractivity contribution in [2.75, 3.05) is 32.7 Å². The topological polar surface area (TPSA) is 69.7 Å². The van der Waals surface area contributed by atoms with Crippen LogP contribution in [0.3, 0.4) is 0 Å². The third-order valence-corrected chi connectivity index (χ3v) is 6.94. The molecular formula is C16H19Cl2N3O3S. The number of amides is 1. The molecule has 1 fully saturated rings. The molecule has 0 radical (unpaired) electrons. The smallest absolute Gasteiger partial charge is 0.246 e. The highest BCUT2D eigenvalue weighted by Crippen LogP contribution is 2.31. The van der Waals surface area contributed by atoms with Crippen molar-refractivity contribution < 1.29 is 13.2 Å². The van der Waals surface area contributed by atoms with Gasteiger partial charge in [-0.3, -0.25) is 9.69 Å². The van der Waals surface area contributed by atoms with E-state index in [2.05, 4.69) is 11.2 Å². The van der Waals surface area contributed by atoms with Crippen LogP contribution in [0, 0.1) is 12.3 Å². The molecule has 1 aliphatic heterocycles. The lowest BCUT2D eigenvalue weighted by Gasteiger charge is -2.36.